The highest BCUT2D eigenvalue weighted by molar-refractivity contribution is 6.22. The molecule has 0 radical (unpaired) electrons. The molecule has 1 aromatic carbocycles. The van der Waals surface area contributed by atoms with Gasteiger partial charge in [-0.2, -0.15) is 0 Å². The summed E-state index contributed by atoms with van der Waals surface area (Å²) in [5.74, 6) is -0.980. The van der Waals surface area contributed by atoms with Crippen LogP contribution in [0.25, 0.3) is 0 Å². The summed E-state index contributed by atoms with van der Waals surface area (Å²) >= 11 is 0. The molecular formula is C15H17N3O3. The van der Waals surface area contributed by atoms with Gasteiger partial charge in [-0.1, -0.05) is 12.1 Å². The Morgan fingerprint density at radius 3 is 2.14 bits per heavy atom. The van der Waals surface area contributed by atoms with E-state index >= 15 is 0 Å². The van der Waals surface area contributed by atoms with Crippen molar-refractivity contribution in [3.05, 3.63) is 35.4 Å². The Hall–Kier alpha value is -2.21. The van der Waals surface area contributed by atoms with Crippen LogP contribution in [0.15, 0.2) is 24.3 Å². The minimum Gasteiger partial charge on any atom is -0.341 e. The standard InChI is InChI=1S/C15H17N3O3/c16-10-5-7-17(8-6-10)13(19)9-18-14(20)11-3-1-2-4-12(11)15(18)21/h1-4,10H,5-9,16H2. The van der Waals surface area contributed by atoms with E-state index in [4.69, 9.17) is 5.73 Å². The fourth-order valence-corrected chi connectivity index (χ4v) is 2.77. The number of carbonyl (C=O) groups is 3. The summed E-state index contributed by atoms with van der Waals surface area (Å²) < 4.78 is 0. The molecule has 2 heterocycles. The van der Waals surface area contributed by atoms with E-state index < -0.39 is 11.8 Å². The first-order valence-electron chi connectivity index (χ1n) is 7.06. The molecule has 2 aliphatic rings. The lowest BCUT2D eigenvalue weighted by Gasteiger charge is -2.31. The zero-order valence-corrected chi connectivity index (χ0v) is 11.6. The van der Waals surface area contributed by atoms with E-state index in [2.05, 4.69) is 0 Å². The van der Waals surface area contributed by atoms with Crippen LogP contribution in [0.5, 0.6) is 0 Å². The largest absolute Gasteiger partial charge is 0.341 e. The number of nitrogens with zero attached hydrogens (tertiary/aromatic N) is 2. The van der Waals surface area contributed by atoms with E-state index in [1.165, 1.54) is 0 Å². The molecule has 6 heteroatoms. The highest BCUT2D eigenvalue weighted by atomic mass is 16.2. The Balaban J connectivity index is 1.70. The second kappa shape index (κ2) is 5.29. The summed E-state index contributed by atoms with van der Waals surface area (Å²) in [4.78, 5) is 39.3. The maximum absolute atomic E-state index is 12.2. The Labute approximate surface area is 122 Å². The van der Waals surface area contributed by atoms with E-state index in [1.807, 2.05) is 0 Å². The second-order valence-electron chi connectivity index (χ2n) is 5.46. The lowest BCUT2D eigenvalue weighted by atomic mass is 10.1. The molecule has 0 aromatic heterocycles. The summed E-state index contributed by atoms with van der Waals surface area (Å²) in [5.41, 5.74) is 6.55. The number of rotatable bonds is 2. The molecule has 3 rings (SSSR count). The van der Waals surface area contributed by atoms with Gasteiger partial charge in [0.25, 0.3) is 11.8 Å². The Kier molecular flexibility index (Phi) is 3.47. The third-order valence-corrected chi connectivity index (χ3v) is 4.06. The van der Waals surface area contributed by atoms with E-state index in [-0.39, 0.29) is 18.5 Å². The van der Waals surface area contributed by atoms with Crippen LogP contribution < -0.4 is 5.73 Å². The van der Waals surface area contributed by atoms with E-state index in [1.54, 1.807) is 29.2 Å². The maximum Gasteiger partial charge on any atom is 0.262 e. The highest BCUT2D eigenvalue weighted by Gasteiger charge is 2.37. The van der Waals surface area contributed by atoms with Gasteiger partial charge in [0.15, 0.2) is 0 Å². The normalized spacial score (nSPS) is 19.1. The summed E-state index contributed by atoms with van der Waals surface area (Å²) in [6.45, 7) is 0.980. The first-order valence-corrected chi connectivity index (χ1v) is 7.06. The molecule has 0 saturated carbocycles. The number of likely N-dealkylation sites (tertiary alicyclic amines) is 1. The molecule has 0 bridgehead atoms. The molecule has 0 spiro atoms. The van der Waals surface area contributed by atoms with Crippen molar-refractivity contribution in [1.82, 2.24) is 9.80 Å². The highest BCUT2D eigenvalue weighted by Crippen LogP contribution is 2.22. The SMILES string of the molecule is NC1CCN(C(=O)CN2C(=O)c3ccccc3C2=O)CC1. The Morgan fingerprint density at radius 2 is 1.62 bits per heavy atom. The number of carbonyl (C=O) groups excluding carboxylic acids is 3. The number of amides is 3. The molecule has 6 nitrogen and oxygen atoms in total. The predicted molar refractivity (Wildman–Crippen MR) is 75.6 cm³/mol. The molecule has 0 atom stereocenters. The van der Waals surface area contributed by atoms with Gasteiger partial charge in [-0.25, -0.2) is 0 Å². The van der Waals surface area contributed by atoms with Crippen molar-refractivity contribution < 1.29 is 14.4 Å². The molecule has 2 N–H and O–H groups in total. The van der Waals surface area contributed by atoms with Crippen molar-refractivity contribution in [3.63, 3.8) is 0 Å². The molecule has 0 unspecified atom stereocenters. The number of hydrogen-bond donors (Lipinski definition) is 1. The van der Waals surface area contributed by atoms with Crippen molar-refractivity contribution >= 4 is 17.7 Å². The number of fused-ring (bicyclic) bond motifs is 1. The molecule has 21 heavy (non-hydrogen) atoms. The number of benzene rings is 1. The minimum atomic E-state index is -0.391. The zero-order chi connectivity index (χ0) is 15.0. The van der Waals surface area contributed by atoms with Crippen LogP contribution >= 0.6 is 0 Å². The molecule has 1 saturated heterocycles. The third kappa shape index (κ3) is 2.42. The monoisotopic (exact) mass is 287 g/mol. The van der Waals surface area contributed by atoms with Crippen LogP contribution in [-0.2, 0) is 4.79 Å². The van der Waals surface area contributed by atoms with Gasteiger partial charge in [0.1, 0.15) is 6.54 Å². The molecule has 1 fully saturated rings. The van der Waals surface area contributed by atoms with Gasteiger partial charge in [0.2, 0.25) is 5.91 Å². The lowest BCUT2D eigenvalue weighted by molar-refractivity contribution is -0.132. The van der Waals surface area contributed by atoms with Gasteiger partial charge < -0.3 is 10.6 Å². The predicted octanol–water partition coefficient (Wildman–Crippen LogP) is 0.232. The number of imide groups is 1. The topological polar surface area (TPSA) is 83.7 Å². The average Bonchev–Trinajstić information content (AvgIpc) is 2.73. The van der Waals surface area contributed by atoms with Gasteiger partial charge in [-0.3, -0.25) is 19.3 Å². The van der Waals surface area contributed by atoms with Crippen molar-refractivity contribution in [1.29, 1.82) is 0 Å². The fourth-order valence-electron chi connectivity index (χ4n) is 2.77. The fraction of sp³-hybridized carbons (Fsp3) is 0.400. The van der Waals surface area contributed by atoms with Crippen LogP contribution in [0, 0.1) is 0 Å². The summed E-state index contributed by atoms with van der Waals surface area (Å²) in [5, 5.41) is 0. The van der Waals surface area contributed by atoms with Crippen molar-refractivity contribution in [2.75, 3.05) is 19.6 Å². The molecule has 0 aliphatic carbocycles. The maximum atomic E-state index is 12.2. The van der Waals surface area contributed by atoms with Crippen LogP contribution in [-0.4, -0.2) is 53.2 Å². The van der Waals surface area contributed by atoms with Gasteiger partial charge in [0.05, 0.1) is 11.1 Å². The van der Waals surface area contributed by atoms with Crippen LogP contribution in [0.4, 0.5) is 0 Å². The first kappa shape index (κ1) is 13.8. The average molecular weight is 287 g/mol. The van der Waals surface area contributed by atoms with Gasteiger partial charge in [0, 0.05) is 19.1 Å². The number of nitrogens with two attached hydrogens (primary N) is 1. The smallest absolute Gasteiger partial charge is 0.262 e. The first-order chi connectivity index (χ1) is 10.1. The Bertz CT molecular complexity index is 571. The quantitative estimate of drug-likeness (QED) is 0.789. The van der Waals surface area contributed by atoms with E-state index in [0.29, 0.717) is 24.2 Å². The second-order valence-corrected chi connectivity index (χ2v) is 5.46. The molecule has 1 aromatic rings. The van der Waals surface area contributed by atoms with Crippen molar-refractivity contribution in [3.8, 4) is 0 Å². The van der Waals surface area contributed by atoms with Crippen LogP contribution in [0.2, 0.25) is 0 Å². The number of piperidine rings is 1. The van der Waals surface area contributed by atoms with Gasteiger partial charge in [-0.15, -0.1) is 0 Å². The van der Waals surface area contributed by atoms with E-state index in [0.717, 1.165) is 17.7 Å². The van der Waals surface area contributed by atoms with Crippen LogP contribution in [0.3, 0.4) is 0 Å². The summed E-state index contributed by atoms with van der Waals surface area (Å²) in [7, 11) is 0. The van der Waals surface area contributed by atoms with Crippen molar-refractivity contribution in [2.45, 2.75) is 18.9 Å². The number of hydrogen-bond acceptors (Lipinski definition) is 4. The summed E-state index contributed by atoms with van der Waals surface area (Å²) in [6, 6.07) is 6.77. The van der Waals surface area contributed by atoms with Gasteiger partial charge in [-0.05, 0) is 25.0 Å². The van der Waals surface area contributed by atoms with Crippen molar-refractivity contribution in [2.24, 2.45) is 5.73 Å². The van der Waals surface area contributed by atoms with Crippen LogP contribution in [0.1, 0.15) is 33.6 Å². The molecule has 2 aliphatic heterocycles. The molecule has 3 amide bonds. The Morgan fingerprint density at radius 1 is 1.10 bits per heavy atom. The minimum absolute atomic E-state index is 0.133. The van der Waals surface area contributed by atoms with E-state index in [9.17, 15) is 14.4 Å². The molecular weight excluding hydrogens is 270 g/mol. The zero-order valence-electron chi connectivity index (χ0n) is 11.6. The van der Waals surface area contributed by atoms with Gasteiger partial charge >= 0.3 is 0 Å². The molecule has 110 valence electrons. The summed E-state index contributed by atoms with van der Waals surface area (Å²) in [6.07, 6.45) is 1.52. The lowest BCUT2D eigenvalue weighted by Crippen LogP contribution is -2.47. The third-order valence-electron chi connectivity index (χ3n) is 4.06.